The van der Waals surface area contributed by atoms with Crippen LogP contribution in [0.25, 0.3) is 0 Å². The molecule has 0 aliphatic rings. The zero-order valence-corrected chi connectivity index (χ0v) is 13.2. The van der Waals surface area contributed by atoms with Gasteiger partial charge in [-0.25, -0.2) is 9.59 Å². The molecule has 1 amide bonds. The summed E-state index contributed by atoms with van der Waals surface area (Å²) in [6.07, 6.45) is -0.222. The van der Waals surface area contributed by atoms with Crippen LogP contribution in [0.1, 0.15) is 46.5 Å². The van der Waals surface area contributed by atoms with Gasteiger partial charge in [0.25, 0.3) is 0 Å². The molecule has 8 heteroatoms. The van der Waals surface area contributed by atoms with Gasteiger partial charge in [0.05, 0.1) is 5.92 Å². The molecule has 2 atom stereocenters. The van der Waals surface area contributed by atoms with E-state index in [-0.39, 0.29) is 25.9 Å². The van der Waals surface area contributed by atoms with Crippen LogP contribution in [0.2, 0.25) is 0 Å². The fourth-order valence-electron chi connectivity index (χ4n) is 1.80. The fraction of sp³-hybridized carbons (Fsp3) is 0.786. The Balaban J connectivity index is 4.54. The number of alkyl carbamates (subject to hydrolysis) is 1. The summed E-state index contributed by atoms with van der Waals surface area (Å²) in [4.78, 5) is 33.8. The molecule has 0 fully saturated rings. The Bertz CT molecular complexity index is 389. The molecule has 0 bridgehead atoms. The second-order valence-corrected chi connectivity index (χ2v) is 6.02. The largest absolute Gasteiger partial charge is 0.481 e. The average molecular weight is 319 g/mol. The van der Waals surface area contributed by atoms with E-state index in [1.54, 1.807) is 20.8 Å². The predicted molar refractivity (Wildman–Crippen MR) is 77.5 cm³/mol. The molecule has 0 aliphatic carbocycles. The molecule has 0 saturated heterocycles. The maximum absolute atomic E-state index is 11.6. The number of carboxylic acids is 2. The number of amides is 1. The summed E-state index contributed by atoms with van der Waals surface area (Å²) in [5, 5.41) is 29.1. The van der Waals surface area contributed by atoms with Gasteiger partial charge in [0, 0.05) is 6.61 Å². The number of rotatable bonds is 9. The fourth-order valence-corrected chi connectivity index (χ4v) is 1.80. The average Bonchev–Trinajstić information content (AvgIpc) is 2.34. The number of aliphatic hydroxyl groups is 1. The number of carboxylic acid groups (broad SMARTS) is 2. The highest BCUT2D eigenvalue weighted by Crippen LogP contribution is 2.16. The van der Waals surface area contributed by atoms with Crippen molar-refractivity contribution < 1.29 is 34.4 Å². The Morgan fingerprint density at radius 3 is 2.05 bits per heavy atom. The molecule has 0 heterocycles. The van der Waals surface area contributed by atoms with Crippen molar-refractivity contribution in [1.29, 1.82) is 0 Å². The smallest absolute Gasteiger partial charge is 0.408 e. The maximum atomic E-state index is 11.6. The summed E-state index contributed by atoms with van der Waals surface area (Å²) in [6, 6.07) is -1.22. The molecule has 0 aromatic carbocycles. The lowest BCUT2D eigenvalue weighted by molar-refractivity contribution is -0.144. The van der Waals surface area contributed by atoms with Crippen molar-refractivity contribution in [2.45, 2.75) is 58.1 Å². The lowest BCUT2D eigenvalue weighted by Gasteiger charge is -2.22. The van der Waals surface area contributed by atoms with E-state index in [9.17, 15) is 14.4 Å². The van der Waals surface area contributed by atoms with Crippen LogP contribution in [0, 0.1) is 5.92 Å². The molecule has 0 radical (unpaired) electrons. The van der Waals surface area contributed by atoms with E-state index in [1.807, 2.05) is 0 Å². The highest BCUT2D eigenvalue weighted by Gasteiger charge is 2.26. The first-order chi connectivity index (χ1) is 10.1. The van der Waals surface area contributed by atoms with Gasteiger partial charge in [-0.15, -0.1) is 0 Å². The number of hydrogen-bond donors (Lipinski definition) is 4. The Kier molecular flexibility index (Phi) is 8.47. The van der Waals surface area contributed by atoms with E-state index < -0.39 is 35.6 Å². The van der Waals surface area contributed by atoms with Crippen molar-refractivity contribution in [1.82, 2.24) is 5.32 Å². The monoisotopic (exact) mass is 319 g/mol. The van der Waals surface area contributed by atoms with Crippen molar-refractivity contribution >= 4 is 18.0 Å². The van der Waals surface area contributed by atoms with Gasteiger partial charge in [-0.1, -0.05) is 0 Å². The van der Waals surface area contributed by atoms with Crippen molar-refractivity contribution in [2.75, 3.05) is 6.61 Å². The Morgan fingerprint density at radius 2 is 1.64 bits per heavy atom. The number of carbonyl (C=O) groups excluding carboxylic acids is 1. The third kappa shape index (κ3) is 9.17. The maximum Gasteiger partial charge on any atom is 0.408 e. The van der Waals surface area contributed by atoms with Crippen molar-refractivity contribution in [3.63, 3.8) is 0 Å². The minimum atomic E-state index is -1.25. The van der Waals surface area contributed by atoms with Gasteiger partial charge >= 0.3 is 18.0 Å². The summed E-state index contributed by atoms with van der Waals surface area (Å²) in [5.41, 5.74) is -0.752. The quantitative estimate of drug-likeness (QED) is 0.502. The van der Waals surface area contributed by atoms with Gasteiger partial charge in [-0.3, -0.25) is 4.79 Å². The molecule has 4 N–H and O–H groups in total. The first kappa shape index (κ1) is 20.2. The van der Waals surface area contributed by atoms with Crippen LogP contribution < -0.4 is 5.32 Å². The molecular weight excluding hydrogens is 294 g/mol. The second-order valence-electron chi connectivity index (χ2n) is 6.02. The number of hydrogen-bond acceptors (Lipinski definition) is 5. The van der Waals surface area contributed by atoms with Gasteiger partial charge in [0.15, 0.2) is 0 Å². The lowest BCUT2D eigenvalue weighted by atomic mass is 9.95. The van der Waals surface area contributed by atoms with E-state index in [2.05, 4.69) is 5.32 Å². The highest BCUT2D eigenvalue weighted by molar-refractivity contribution is 5.80. The normalized spacial score (nSPS) is 14.0. The standard InChI is InChI=1S/C14H25NO7/c1-14(2,3)22-13(21)15-10(12(19)20)7-6-9(11(17)18)5-4-8-16/h9-10,16H,4-8H2,1-3H3,(H,15,21)(H,17,18)(H,19,20)/t9?,10-/m0/s1. The van der Waals surface area contributed by atoms with Gasteiger partial charge in [0.1, 0.15) is 11.6 Å². The Morgan fingerprint density at radius 1 is 1.05 bits per heavy atom. The minimum Gasteiger partial charge on any atom is -0.481 e. The van der Waals surface area contributed by atoms with E-state index in [0.29, 0.717) is 6.42 Å². The molecule has 128 valence electrons. The molecule has 1 unspecified atom stereocenters. The van der Waals surface area contributed by atoms with Gasteiger partial charge in [0.2, 0.25) is 0 Å². The van der Waals surface area contributed by atoms with Crippen LogP contribution in [-0.2, 0) is 14.3 Å². The predicted octanol–water partition coefficient (Wildman–Crippen LogP) is 1.22. The van der Waals surface area contributed by atoms with Gasteiger partial charge in [-0.2, -0.15) is 0 Å². The summed E-state index contributed by atoms with van der Waals surface area (Å²) in [6.45, 7) is 4.83. The molecule has 0 aliphatic heterocycles. The molecule has 0 rings (SSSR count). The van der Waals surface area contributed by atoms with Crippen LogP contribution in [0.5, 0.6) is 0 Å². The molecular formula is C14H25NO7. The van der Waals surface area contributed by atoms with E-state index in [4.69, 9.17) is 20.1 Å². The second kappa shape index (κ2) is 9.24. The Labute approximate surface area is 129 Å². The van der Waals surface area contributed by atoms with Crippen LogP contribution >= 0.6 is 0 Å². The Hall–Kier alpha value is -1.83. The van der Waals surface area contributed by atoms with Crippen molar-refractivity contribution in [3.8, 4) is 0 Å². The first-order valence-corrected chi connectivity index (χ1v) is 7.12. The third-order valence-corrected chi connectivity index (χ3v) is 2.85. The highest BCUT2D eigenvalue weighted by atomic mass is 16.6. The minimum absolute atomic E-state index is 0.0308. The molecule has 0 spiro atoms. The summed E-state index contributed by atoms with van der Waals surface area (Å²) in [7, 11) is 0. The van der Waals surface area contributed by atoms with Gasteiger partial charge in [-0.05, 0) is 46.5 Å². The first-order valence-electron chi connectivity index (χ1n) is 7.12. The number of aliphatic carboxylic acids is 2. The third-order valence-electron chi connectivity index (χ3n) is 2.85. The molecule has 0 aromatic rings. The number of carbonyl (C=O) groups is 3. The summed E-state index contributed by atoms with van der Waals surface area (Å²) in [5.74, 6) is -3.05. The van der Waals surface area contributed by atoms with Crippen molar-refractivity contribution in [2.24, 2.45) is 5.92 Å². The molecule has 0 aromatic heterocycles. The van der Waals surface area contributed by atoms with Crippen LogP contribution in [-0.4, -0.2) is 51.6 Å². The number of nitrogens with one attached hydrogen (secondary N) is 1. The van der Waals surface area contributed by atoms with Gasteiger partial charge < -0.3 is 25.4 Å². The zero-order chi connectivity index (χ0) is 17.3. The van der Waals surface area contributed by atoms with E-state index >= 15 is 0 Å². The van der Waals surface area contributed by atoms with E-state index in [1.165, 1.54) is 0 Å². The van der Waals surface area contributed by atoms with Crippen LogP contribution in [0.15, 0.2) is 0 Å². The molecule has 0 saturated carbocycles. The summed E-state index contributed by atoms with van der Waals surface area (Å²) >= 11 is 0. The number of aliphatic hydroxyl groups excluding tert-OH is 1. The van der Waals surface area contributed by atoms with E-state index in [0.717, 1.165) is 0 Å². The SMILES string of the molecule is CC(C)(C)OC(=O)N[C@@H](CCC(CCCO)C(=O)O)C(=O)O. The van der Waals surface area contributed by atoms with Crippen LogP contribution in [0.4, 0.5) is 4.79 Å². The number of ether oxygens (including phenoxy) is 1. The van der Waals surface area contributed by atoms with Crippen molar-refractivity contribution in [3.05, 3.63) is 0 Å². The molecule has 8 nitrogen and oxygen atoms in total. The lowest BCUT2D eigenvalue weighted by Crippen LogP contribution is -2.43. The zero-order valence-electron chi connectivity index (χ0n) is 13.2. The topological polar surface area (TPSA) is 133 Å². The molecule has 22 heavy (non-hydrogen) atoms. The summed E-state index contributed by atoms with van der Waals surface area (Å²) < 4.78 is 4.97. The van der Waals surface area contributed by atoms with Crippen LogP contribution in [0.3, 0.4) is 0 Å².